The number of halogens is 1. The summed E-state index contributed by atoms with van der Waals surface area (Å²) in [6.07, 6.45) is -0.764. The normalized spacial score (nSPS) is 11.7. The first-order chi connectivity index (χ1) is 13.8. The number of aryl methyl sites for hydroxylation is 2. The largest absolute Gasteiger partial charge is 0.464 e. The molecule has 1 aromatic heterocycles. The fourth-order valence-corrected chi connectivity index (χ4v) is 3.16. The molecule has 1 heterocycles. The van der Waals surface area contributed by atoms with Gasteiger partial charge in [0.25, 0.3) is 11.5 Å². The minimum Gasteiger partial charge on any atom is -0.464 e. The molecule has 2 aromatic carbocycles. The van der Waals surface area contributed by atoms with Crippen molar-refractivity contribution in [3.8, 4) is 11.6 Å². The van der Waals surface area contributed by atoms with Gasteiger partial charge in [-0.25, -0.2) is 0 Å². The van der Waals surface area contributed by atoms with Crippen LogP contribution in [0.2, 0.25) is 0 Å². The molecule has 0 aliphatic carbocycles. The molecular formula is C22H22BrN3O3. The molecule has 3 aromatic rings. The van der Waals surface area contributed by atoms with Crippen molar-refractivity contribution in [3.05, 3.63) is 86.1 Å². The molecule has 0 bridgehead atoms. The van der Waals surface area contributed by atoms with Gasteiger partial charge in [-0.15, -0.1) is 5.10 Å². The number of benzene rings is 2. The first-order valence-corrected chi connectivity index (χ1v) is 9.99. The van der Waals surface area contributed by atoms with Crippen molar-refractivity contribution in [1.82, 2.24) is 15.1 Å². The molecule has 0 aliphatic heterocycles. The Bertz CT molecular complexity index is 1090. The molecule has 7 heteroatoms. The zero-order chi connectivity index (χ0) is 21.0. The van der Waals surface area contributed by atoms with E-state index in [0.29, 0.717) is 12.2 Å². The van der Waals surface area contributed by atoms with Gasteiger partial charge in [-0.3, -0.25) is 9.59 Å². The molecule has 1 amide bonds. The van der Waals surface area contributed by atoms with Gasteiger partial charge in [0.15, 0.2) is 6.10 Å². The van der Waals surface area contributed by atoms with E-state index in [-0.39, 0.29) is 17.3 Å². The third kappa shape index (κ3) is 5.32. The lowest BCUT2D eigenvalue weighted by atomic mass is 10.1. The fraction of sp³-hybridized carbons (Fsp3) is 0.227. The van der Waals surface area contributed by atoms with Crippen LogP contribution in [0, 0.1) is 13.8 Å². The smallest absolute Gasteiger partial charge is 0.271 e. The van der Waals surface area contributed by atoms with E-state index in [9.17, 15) is 9.59 Å². The van der Waals surface area contributed by atoms with Crippen LogP contribution in [0.15, 0.2) is 63.9 Å². The first-order valence-electron chi connectivity index (χ1n) is 9.20. The lowest BCUT2D eigenvalue weighted by Gasteiger charge is -2.15. The Morgan fingerprint density at radius 2 is 1.93 bits per heavy atom. The highest BCUT2D eigenvalue weighted by atomic mass is 79.9. The van der Waals surface area contributed by atoms with Crippen molar-refractivity contribution in [3.63, 3.8) is 0 Å². The summed E-state index contributed by atoms with van der Waals surface area (Å²) in [5.74, 6) is -0.0661. The van der Waals surface area contributed by atoms with Crippen LogP contribution >= 0.6 is 15.9 Å². The Labute approximate surface area is 177 Å². The maximum Gasteiger partial charge on any atom is 0.271 e. The first kappa shape index (κ1) is 20.8. The number of nitrogens with one attached hydrogen (secondary N) is 1. The van der Waals surface area contributed by atoms with E-state index in [2.05, 4.69) is 26.3 Å². The molecule has 0 saturated heterocycles. The van der Waals surface area contributed by atoms with Crippen LogP contribution in [-0.4, -0.2) is 21.8 Å². The topological polar surface area (TPSA) is 73.2 Å². The van der Waals surface area contributed by atoms with Crippen molar-refractivity contribution in [1.29, 1.82) is 0 Å². The van der Waals surface area contributed by atoms with Gasteiger partial charge in [0.2, 0.25) is 5.88 Å². The van der Waals surface area contributed by atoms with Gasteiger partial charge < -0.3 is 10.1 Å². The summed E-state index contributed by atoms with van der Waals surface area (Å²) in [5.41, 5.74) is 3.54. The summed E-state index contributed by atoms with van der Waals surface area (Å²) in [5, 5.41) is 7.10. The van der Waals surface area contributed by atoms with Gasteiger partial charge in [0.1, 0.15) is 0 Å². The summed E-state index contributed by atoms with van der Waals surface area (Å²) < 4.78 is 7.89. The van der Waals surface area contributed by atoms with Crippen LogP contribution in [0.1, 0.15) is 23.6 Å². The van der Waals surface area contributed by atoms with Crippen molar-refractivity contribution in [2.24, 2.45) is 0 Å². The molecule has 0 saturated carbocycles. The summed E-state index contributed by atoms with van der Waals surface area (Å²) in [7, 11) is 0. The van der Waals surface area contributed by atoms with Crippen LogP contribution < -0.4 is 15.6 Å². The van der Waals surface area contributed by atoms with E-state index in [4.69, 9.17) is 4.74 Å². The predicted octanol–water partition coefficient (Wildman–Crippen LogP) is 3.70. The molecule has 1 atom stereocenters. The van der Waals surface area contributed by atoms with Gasteiger partial charge in [-0.05, 0) is 61.7 Å². The molecule has 150 valence electrons. The number of hydrogen-bond donors (Lipinski definition) is 1. The number of carbonyl (C=O) groups excluding carboxylic acids is 1. The number of ether oxygens (including phenoxy) is 1. The molecule has 6 nitrogen and oxygen atoms in total. The average Bonchev–Trinajstić information content (AvgIpc) is 2.69. The molecule has 0 unspecified atom stereocenters. The maximum atomic E-state index is 12.4. The van der Waals surface area contributed by atoms with Gasteiger partial charge in [0.05, 0.1) is 5.69 Å². The van der Waals surface area contributed by atoms with Crippen LogP contribution in [0.4, 0.5) is 0 Å². The Hall–Kier alpha value is -2.93. The Kier molecular flexibility index (Phi) is 6.49. The highest BCUT2D eigenvalue weighted by Crippen LogP contribution is 2.14. The Morgan fingerprint density at radius 1 is 1.14 bits per heavy atom. The Balaban J connectivity index is 1.70. The second-order valence-electron chi connectivity index (χ2n) is 6.80. The molecule has 0 radical (unpaired) electrons. The molecule has 29 heavy (non-hydrogen) atoms. The third-order valence-electron chi connectivity index (χ3n) is 4.53. The lowest BCUT2D eigenvalue weighted by molar-refractivity contribution is -0.127. The molecule has 3 rings (SSSR count). The molecule has 0 aliphatic rings. The highest BCUT2D eigenvalue weighted by Gasteiger charge is 2.16. The number of nitrogens with zero attached hydrogens (tertiary/aromatic N) is 2. The van der Waals surface area contributed by atoms with Crippen molar-refractivity contribution < 1.29 is 9.53 Å². The molecule has 0 fully saturated rings. The molecular weight excluding hydrogens is 434 g/mol. The monoisotopic (exact) mass is 455 g/mol. The van der Waals surface area contributed by atoms with Crippen LogP contribution in [0.25, 0.3) is 5.69 Å². The standard InChI is InChI=1S/C22H22BrN3O3/c1-14-7-8-19(11-15(14)2)26-21(27)10-9-20(25-26)29-16(3)22(28)24-13-17-5-4-6-18(23)12-17/h4-12,16H,13H2,1-3H3,(H,24,28)/t16-/m0/s1. The van der Waals surface area contributed by atoms with E-state index < -0.39 is 6.10 Å². The maximum absolute atomic E-state index is 12.4. The van der Waals surface area contributed by atoms with E-state index >= 15 is 0 Å². The number of amides is 1. The molecule has 0 spiro atoms. The molecule has 1 N–H and O–H groups in total. The summed E-state index contributed by atoms with van der Waals surface area (Å²) in [6, 6.07) is 16.2. The zero-order valence-electron chi connectivity index (χ0n) is 16.5. The Morgan fingerprint density at radius 3 is 2.66 bits per heavy atom. The highest BCUT2D eigenvalue weighted by molar-refractivity contribution is 9.10. The van der Waals surface area contributed by atoms with Crippen LogP contribution in [-0.2, 0) is 11.3 Å². The number of carbonyl (C=O) groups is 1. The van der Waals surface area contributed by atoms with E-state index in [1.165, 1.54) is 16.8 Å². The van der Waals surface area contributed by atoms with Gasteiger partial charge >= 0.3 is 0 Å². The quantitative estimate of drug-likeness (QED) is 0.614. The van der Waals surface area contributed by atoms with Crippen LogP contribution in [0.5, 0.6) is 5.88 Å². The minimum atomic E-state index is -0.764. The summed E-state index contributed by atoms with van der Waals surface area (Å²) >= 11 is 3.41. The van der Waals surface area contributed by atoms with E-state index in [1.54, 1.807) is 6.92 Å². The SMILES string of the molecule is Cc1ccc(-n2nc(O[C@@H](C)C(=O)NCc3cccc(Br)c3)ccc2=O)cc1C. The minimum absolute atomic E-state index is 0.202. The predicted molar refractivity (Wildman–Crippen MR) is 115 cm³/mol. The fourth-order valence-electron chi connectivity index (χ4n) is 2.71. The number of aromatic nitrogens is 2. The number of hydrogen-bond acceptors (Lipinski definition) is 4. The van der Waals surface area contributed by atoms with Crippen molar-refractivity contribution in [2.45, 2.75) is 33.4 Å². The number of rotatable bonds is 6. The second-order valence-corrected chi connectivity index (χ2v) is 7.71. The van der Waals surface area contributed by atoms with Crippen molar-refractivity contribution in [2.75, 3.05) is 0 Å². The zero-order valence-corrected chi connectivity index (χ0v) is 18.1. The average molecular weight is 456 g/mol. The van der Waals surface area contributed by atoms with E-state index in [1.807, 2.05) is 56.3 Å². The lowest BCUT2D eigenvalue weighted by Crippen LogP contribution is -2.36. The summed E-state index contributed by atoms with van der Waals surface area (Å²) in [6.45, 7) is 6.01. The van der Waals surface area contributed by atoms with Gasteiger partial charge in [0, 0.05) is 23.2 Å². The van der Waals surface area contributed by atoms with Gasteiger partial charge in [-0.1, -0.05) is 34.1 Å². The third-order valence-corrected chi connectivity index (χ3v) is 5.03. The summed E-state index contributed by atoms with van der Waals surface area (Å²) in [4.78, 5) is 24.6. The second kappa shape index (κ2) is 9.05. The van der Waals surface area contributed by atoms with E-state index in [0.717, 1.165) is 21.2 Å². The van der Waals surface area contributed by atoms with Gasteiger partial charge in [-0.2, -0.15) is 4.68 Å². The van der Waals surface area contributed by atoms with Crippen LogP contribution in [0.3, 0.4) is 0 Å². The van der Waals surface area contributed by atoms with Crippen molar-refractivity contribution >= 4 is 21.8 Å².